The van der Waals surface area contributed by atoms with Gasteiger partial charge in [0.05, 0.1) is 4.90 Å². The van der Waals surface area contributed by atoms with Crippen molar-refractivity contribution in [1.29, 1.82) is 0 Å². The molecule has 158 valence electrons. The Hall–Kier alpha value is -1.15. The molecule has 1 aromatic rings. The number of likely N-dealkylation sites (tertiary alicyclic amines) is 1. The van der Waals surface area contributed by atoms with Gasteiger partial charge in [-0.25, -0.2) is 8.42 Å². The van der Waals surface area contributed by atoms with Gasteiger partial charge in [0.2, 0.25) is 10.0 Å². The molecule has 6 nitrogen and oxygen atoms in total. The number of piperidine rings is 1. The van der Waals surface area contributed by atoms with Gasteiger partial charge < -0.3 is 10.2 Å². The zero-order valence-corrected chi connectivity index (χ0v) is 18.4. The Labute approximate surface area is 175 Å². The summed E-state index contributed by atoms with van der Waals surface area (Å²) in [4.78, 5) is 14.9. The van der Waals surface area contributed by atoms with Crippen LogP contribution in [-0.2, 0) is 10.0 Å². The summed E-state index contributed by atoms with van der Waals surface area (Å²) in [6.45, 7) is 7.12. The van der Waals surface area contributed by atoms with E-state index < -0.39 is 10.0 Å². The molecule has 1 aliphatic carbocycles. The van der Waals surface area contributed by atoms with Gasteiger partial charge in [0.1, 0.15) is 0 Å². The first-order valence-corrected chi connectivity index (χ1v) is 11.5. The van der Waals surface area contributed by atoms with Gasteiger partial charge in [-0.3, -0.25) is 4.79 Å². The van der Waals surface area contributed by atoms with Gasteiger partial charge in [-0.15, -0.1) is 12.4 Å². The van der Waals surface area contributed by atoms with Crippen molar-refractivity contribution in [2.45, 2.75) is 50.5 Å². The fourth-order valence-electron chi connectivity index (χ4n) is 3.61. The summed E-state index contributed by atoms with van der Waals surface area (Å²) in [6.07, 6.45) is 4.66. The van der Waals surface area contributed by atoms with Gasteiger partial charge in [-0.05, 0) is 62.4 Å². The van der Waals surface area contributed by atoms with Gasteiger partial charge in [0.25, 0.3) is 5.91 Å². The summed E-state index contributed by atoms with van der Waals surface area (Å²) in [5.74, 6) is 0.859. The van der Waals surface area contributed by atoms with Gasteiger partial charge >= 0.3 is 0 Å². The lowest BCUT2D eigenvalue weighted by Crippen LogP contribution is -2.45. The number of amides is 1. The molecule has 8 heteroatoms. The number of benzene rings is 1. The second-order valence-electron chi connectivity index (χ2n) is 7.53. The van der Waals surface area contributed by atoms with Crippen molar-refractivity contribution >= 4 is 28.3 Å². The van der Waals surface area contributed by atoms with Crippen molar-refractivity contribution < 1.29 is 13.2 Å². The van der Waals surface area contributed by atoms with Crippen LogP contribution in [-0.4, -0.2) is 62.3 Å². The zero-order chi connectivity index (χ0) is 19.4. The lowest BCUT2D eigenvalue weighted by molar-refractivity contribution is 0.0705. The van der Waals surface area contributed by atoms with Crippen LogP contribution >= 0.6 is 12.4 Å². The molecule has 0 radical (unpaired) electrons. The number of rotatable bonds is 8. The zero-order valence-electron chi connectivity index (χ0n) is 16.8. The Morgan fingerprint density at radius 1 is 1.07 bits per heavy atom. The van der Waals surface area contributed by atoms with E-state index in [1.54, 1.807) is 24.3 Å². The third kappa shape index (κ3) is 5.47. The largest absolute Gasteiger partial charge is 0.339 e. The van der Waals surface area contributed by atoms with Gasteiger partial charge in [0.15, 0.2) is 0 Å². The number of nitrogens with one attached hydrogen (secondary N) is 1. The Balaban J connectivity index is 0.00000280. The van der Waals surface area contributed by atoms with Gasteiger partial charge in [0, 0.05) is 37.8 Å². The maximum Gasteiger partial charge on any atom is 0.253 e. The molecule has 1 aromatic carbocycles. The summed E-state index contributed by atoms with van der Waals surface area (Å²) in [7, 11) is -3.48. The van der Waals surface area contributed by atoms with E-state index in [1.807, 2.05) is 18.7 Å². The van der Waals surface area contributed by atoms with Crippen molar-refractivity contribution in [3.05, 3.63) is 29.8 Å². The van der Waals surface area contributed by atoms with Crippen molar-refractivity contribution in [2.24, 2.45) is 5.92 Å². The van der Waals surface area contributed by atoms with Crippen LogP contribution in [0.25, 0.3) is 0 Å². The second kappa shape index (κ2) is 10.1. The molecule has 3 rings (SSSR count). The number of sulfonamides is 1. The first kappa shape index (κ1) is 23.1. The van der Waals surface area contributed by atoms with E-state index in [0.717, 1.165) is 38.4 Å². The molecule has 28 heavy (non-hydrogen) atoms. The lowest BCUT2D eigenvalue weighted by atomic mass is 10.0. The first-order valence-electron chi connectivity index (χ1n) is 10.1. The summed E-state index contributed by atoms with van der Waals surface area (Å²) in [5.41, 5.74) is 0.554. The highest BCUT2D eigenvalue weighted by Gasteiger charge is 2.27. The summed E-state index contributed by atoms with van der Waals surface area (Å²) >= 11 is 0. The number of hydrogen-bond donors (Lipinski definition) is 1. The molecular weight excluding hydrogens is 398 g/mol. The highest BCUT2D eigenvalue weighted by Crippen LogP contribution is 2.28. The third-order valence-corrected chi connectivity index (χ3v) is 7.68. The minimum Gasteiger partial charge on any atom is -0.339 e. The molecule has 1 aliphatic heterocycles. The Kier molecular flexibility index (Phi) is 8.30. The van der Waals surface area contributed by atoms with Crippen molar-refractivity contribution in [3.63, 3.8) is 0 Å². The average Bonchev–Trinajstić information content (AvgIpc) is 3.51. The van der Waals surface area contributed by atoms with Crippen LogP contribution in [0.5, 0.6) is 0 Å². The van der Waals surface area contributed by atoms with Crippen LogP contribution in [0, 0.1) is 5.92 Å². The minimum absolute atomic E-state index is 0. The molecule has 0 unspecified atom stereocenters. The summed E-state index contributed by atoms with van der Waals surface area (Å²) < 4.78 is 26.5. The van der Waals surface area contributed by atoms with Crippen LogP contribution < -0.4 is 5.32 Å². The van der Waals surface area contributed by atoms with E-state index >= 15 is 0 Å². The number of halogens is 1. The van der Waals surface area contributed by atoms with Crippen molar-refractivity contribution in [2.75, 3.05) is 32.7 Å². The van der Waals surface area contributed by atoms with E-state index in [4.69, 9.17) is 0 Å². The van der Waals surface area contributed by atoms with E-state index in [1.165, 1.54) is 17.1 Å². The Morgan fingerprint density at radius 3 is 2.14 bits per heavy atom. The second-order valence-corrected chi connectivity index (χ2v) is 9.47. The molecule has 0 aromatic heterocycles. The monoisotopic (exact) mass is 429 g/mol. The molecule has 1 heterocycles. The quantitative estimate of drug-likeness (QED) is 0.689. The first-order chi connectivity index (χ1) is 13.0. The highest BCUT2D eigenvalue weighted by atomic mass is 35.5. The van der Waals surface area contributed by atoms with E-state index in [0.29, 0.717) is 24.7 Å². The van der Waals surface area contributed by atoms with E-state index in [2.05, 4.69) is 5.32 Å². The molecule has 1 N–H and O–H groups in total. The molecule has 1 saturated carbocycles. The summed E-state index contributed by atoms with van der Waals surface area (Å²) in [6, 6.07) is 6.87. The van der Waals surface area contributed by atoms with E-state index in [9.17, 15) is 13.2 Å². The molecule has 1 amide bonds. The van der Waals surface area contributed by atoms with Crippen molar-refractivity contribution in [3.8, 4) is 0 Å². The average molecular weight is 430 g/mol. The highest BCUT2D eigenvalue weighted by molar-refractivity contribution is 7.89. The SMILES string of the molecule is CCN(CC)S(=O)(=O)c1ccc(C(=O)N2CCC(NCC3CC3)CC2)cc1.Cl. The maximum absolute atomic E-state index is 12.7. The Morgan fingerprint density at radius 2 is 1.64 bits per heavy atom. The number of carbonyl (C=O) groups excluding carboxylic acids is 1. The number of nitrogens with zero attached hydrogens (tertiary/aromatic N) is 2. The van der Waals surface area contributed by atoms with Crippen LogP contribution in [0.1, 0.15) is 49.9 Å². The van der Waals surface area contributed by atoms with Crippen LogP contribution in [0.3, 0.4) is 0 Å². The molecule has 0 bridgehead atoms. The predicted molar refractivity (Wildman–Crippen MR) is 113 cm³/mol. The Bertz CT molecular complexity index is 738. The standard InChI is InChI=1S/C20H31N3O3S.ClH/c1-3-23(4-2)27(25,26)19-9-7-17(8-10-19)20(24)22-13-11-18(12-14-22)21-15-16-5-6-16;/h7-10,16,18,21H,3-6,11-15H2,1-2H3;1H. The molecule has 2 aliphatic rings. The molecule has 0 atom stereocenters. The number of carbonyl (C=O) groups is 1. The molecule has 0 spiro atoms. The molecular formula is C20H32ClN3O3S. The normalized spacial score (nSPS) is 18.2. The number of hydrogen-bond acceptors (Lipinski definition) is 4. The third-order valence-electron chi connectivity index (χ3n) is 5.62. The van der Waals surface area contributed by atoms with E-state index in [-0.39, 0.29) is 23.2 Å². The maximum atomic E-state index is 12.7. The van der Waals surface area contributed by atoms with Crippen LogP contribution in [0.2, 0.25) is 0 Å². The van der Waals surface area contributed by atoms with Crippen LogP contribution in [0.15, 0.2) is 29.2 Å². The predicted octanol–water partition coefficient (Wildman–Crippen LogP) is 2.74. The van der Waals surface area contributed by atoms with Gasteiger partial charge in [-0.2, -0.15) is 4.31 Å². The lowest BCUT2D eigenvalue weighted by Gasteiger charge is -2.32. The fourth-order valence-corrected chi connectivity index (χ4v) is 5.06. The molecule has 2 fully saturated rings. The van der Waals surface area contributed by atoms with Gasteiger partial charge in [-0.1, -0.05) is 13.8 Å². The topological polar surface area (TPSA) is 69.7 Å². The smallest absolute Gasteiger partial charge is 0.253 e. The summed E-state index contributed by atoms with van der Waals surface area (Å²) in [5, 5.41) is 3.62. The molecule has 1 saturated heterocycles. The fraction of sp³-hybridized carbons (Fsp3) is 0.650. The van der Waals surface area contributed by atoms with Crippen molar-refractivity contribution in [1.82, 2.24) is 14.5 Å². The minimum atomic E-state index is -3.48. The van der Waals surface area contributed by atoms with Crippen LogP contribution in [0.4, 0.5) is 0 Å².